The molecule has 0 saturated heterocycles. The summed E-state index contributed by atoms with van der Waals surface area (Å²) in [5, 5.41) is 11.1. The van der Waals surface area contributed by atoms with Gasteiger partial charge in [-0.3, -0.25) is 19.3 Å². The van der Waals surface area contributed by atoms with Crippen LogP contribution in [0.4, 0.5) is 5.13 Å². The quantitative estimate of drug-likeness (QED) is 0.393. The van der Waals surface area contributed by atoms with E-state index >= 15 is 0 Å². The summed E-state index contributed by atoms with van der Waals surface area (Å²) >= 11 is 1.02. The van der Waals surface area contributed by atoms with Crippen molar-refractivity contribution in [2.24, 2.45) is 0 Å². The highest BCUT2D eigenvalue weighted by atomic mass is 32.1. The first-order chi connectivity index (χ1) is 17.2. The monoisotopic (exact) mass is 510 g/mol. The molecular formula is C26H26N2O7S. The predicted octanol–water partition coefficient (Wildman–Crippen LogP) is 5.14. The summed E-state index contributed by atoms with van der Waals surface area (Å²) in [5.41, 5.74) is 0.790. The lowest BCUT2D eigenvalue weighted by Gasteiger charge is -2.25. The first-order valence-electron chi connectivity index (χ1n) is 11.4. The zero-order chi connectivity index (χ0) is 26.1. The van der Waals surface area contributed by atoms with Crippen LogP contribution in [0.5, 0.6) is 11.5 Å². The van der Waals surface area contributed by atoms with E-state index in [1.165, 1.54) is 17.9 Å². The van der Waals surface area contributed by atoms with Crippen LogP contribution in [-0.4, -0.2) is 40.8 Å². The van der Waals surface area contributed by atoms with Crippen LogP contribution in [0.2, 0.25) is 0 Å². The molecule has 3 aromatic rings. The number of hydrogen-bond donors (Lipinski definition) is 1. The standard InChI is InChI=1S/C26H26N2O7S/c1-6-33-17-11-9-16(12-19(17)34-7-2)21-20(22(30)18-10-8-13(3)35-18)23(31)25(32)28(21)26-27-14(4)24(36-26)15(5)29/h8-12,21,31H,6-7H2,1-5H3. The summed E-state index contributed by atoms with van der Waals surface area (Å²) < 4.78 is 16.9. The molecule has 0 saturated carbocycles. The van der Waals surface area contributed by atoms with Gasteiger partial charge in [0.15, 0.2) is 33.9 Å². The molecule has 1 amide bonds. The highest BCUT2D eigenvalue weighted by Gasteiger charge is 2.47. The molecule has 0 fully saturated rings. The second-order valence-corrected chi connectivity index (χ2v) is 9.10. The van der Waals surface area contributed by atoms with Gasteiger partial charge in [-0.1, -0.05) is 17.4 Å². The number of aryl methyl sites for hydroxylation is 2. The van der Waals surface area contributed by atoms with E-state index < -0.39 is 23.5 Å². The Bertz CT molecular complexity index is 1380. The first kappa shape index (κ1) is 25.2. The number of ketones is 2. The van der Waals surface area contributed by atoms with Crippen molar-refractivity contribution in [1.82, 2.24) is 4.98 Å². The zero-order valence-corrected chi connectivity index (χ0v) is 21.4. The Morgan fingerprint density at radius 1 is 1.11 bits per heavy atom. The van der Waals surface area contributed by atoms with Crippen LogP contribution in [-0.2, 0) is 4.79 Å². The molecule has 10 heteroatoms. The smallest absolute Gasteiger partial charge is 0.296 e. The number of nitrogens with zero attached hydrogens (tertiary/aromatic N) is 2. The maximum atomic E-state index is 13.5. The molecule has 1 unspecified atom stereocenters. The molecule has 0 aliphatic carbocycles. The minimum Gasteiger partial charge on any atom is -0.503 e. The normalized spacial score (nSPS) is 15.5. The van der Waals surface area contributed by atoms with Crippen molar-refractivity contribution in [2.45, 2.75) is 40.7 Å². The fourth-order valence-electron chi connectivity index (χ4n) is 4.09. The van der Waals surface area contributed by atoms with E-state index in [1.54, 1.807) is 38.1 Å². The van der Waals surface area contributed by atoms with Crippen LogP contribution in [0.15, 0.2) is 46.1 Å². The number of aromatic nitrogens is 1. The molecule has 36 heavy (non-hydrogen) atoms. The number of hydrogen-bond acceptors (Lipinski definition) is 9. The third-order valence-electron chi connectivity index (χ3n) is 5.61. The third-order valence-corrected chi connectivity index (χ3v) is 6.87. The molecule has 2 aromatic heterocycles. The van der Waals surface area contributed by atoms with Gasteiger partial charge in [0.2, 0.25) is 5.78 Å². The summed E-state index contributed by atoms with van der Waals surface area (Å²) in [6.45, 7) is 9.23. The summed E-state index contributed by atoms with van der Waals surface area (Å²) in [7, 11) is 0. The molecule has 1 atom stereocenters. The average Bonchev–Trinajstić information content (AvgIpc) is 3.51. The van der Waals surface area contributed by atoms with Gasteiger partial charge in [-0.15, -0.1) is 0 Å². The lowest BCUT2D eigenvalue weighted by Crippen LogP contribution is -2.31. The maximum Gasteiger partial charge on any atom is 0.296 e. The van der Waals surface area contributed by atoms with Crippen molar-refractivity contribution in [3.05, 3.63) is 69.3 Å². The maximum absolute atomic E-state index is 13.5. The number of ether oxygens (including phenoxy) is 2. The van der Waals surface area contributed by atoms with Crippen molar-refractivity contribution >= 4 is 33.9 Å². The predicted molar refractivity (Wildman–Crippen MR) is 133 cm³/mol. The number of aliphatic hydroxyl groups is 1. The average molecular weight is 511 g/mol. The zero-order valence-electron chi connectivity index (χ0n) is 20.6. The van der Waals surface area contributed by atoms with Gasteiger partial charge in [0.05, 0.1) is 35.4 Å². The van der Waals surface area contributed by atoms with Crippen LogP contribution in [0.25, 0.3) is 0 Å². The molecule has 0 spiro atoms. The SMILES string of the molecule is CCOc1ccc(C2C(C(=O)c3ccc(C)o3)=C(O)C(=O)N2c2nc(C)c(C(C)=O)s2)cc1OCC. The second kappa shape index (κ2) is 9.98. The Hall–Kier alpha value is -3.92. The molecule has 0 radical (unpaired) electrons. The Labute approximate surface area is 212 Å². The Morgan fingerprint density at radius 2 is 1.81 bits per heavy atom. The van der Waals surface area contributed by atoms with Crippen molar-refractivity contribution in [1.29, 1.82) is 0 Å². The number of carbonyl (C=O) groups is 3. The van der Waals surface area contributed by atoms with Crippen molar-refractivity contribution in [3.63, 3.8) is 0 Å². The molecule has 1 N–H and O–H groups in total. The number of aliphatic hydroxyl groups excluding tert-OH is 1. The molecule has 9 nitrogen and oxygen atoms in total. The number of benzene rings is 1. The Morgan fingerprint density at radius 3 is 2.39 bits per heavy atom. The number of carbonyl (C=O) groups excluding carboxylic acids is 3. The minimum atomic E-state index is -1.05. The topological polar surface area (TPSA) is 119 Å². The lowest BCUT2D eigenvalue weighted by molar-refractivity contribution is -0.117. The van der Waals surface area contributed by atoms with Gasteiger partial charge in [-0.05, 0) is 57.5 Å². The van der Waals surface area contributed by atoms with Crippen molar-refractivity contribution < 1.29 is 33.4 Å². The summed E-state index contributed by atoms with van der Waals surface area (Å²) in [4.78, 5) is 45.0. The number of Topliss-reactive ketones (excluding diaryl/α,β-unsaturated/α-hetero) is 2. The Balaban J connectivity index is 1.91. The molecule has 1 aliphatic heterocycles. The molecule has 188 valence electrons. The van der Waals surface area contributed by atoms with Gasteiger partial charge >= 0.3 is 0 Å². The summed E-state index contributed by atoms with van der Waals surface area (Å²) in [6.07, 6.45) is 0. The molecule has 4 rings (SSSR count). The summed E-state index contributed by atoms with van der Waals surface area (Å²) in [6, 6.07) is 7.13. The fraction of sp³-hybridized carbons (Fsp3) is 0.308. The number of thiazole rings is 1. The van der Waals surface area contributed by atoms with E-state index in [0.29, 0.717) is 46.6 Å². The van der Waals surface area contributed by atoms with E-state index in [1.807, 2.05) is 13.8 Å². The Kier molecular flexibility index (Phi) is 6.98. The van der Waals surface area contributed by atoms with Crippen molar-refractivity contribution in [2.75, 3.05) is 18.1 Å². The number of amides is 1. The molecular weight excluding hydrogens is 484 g/mol. The fourth-order valence-corrected chi connectivity index (χ4v) is 5.08. The molecule has 3 heterocycles. The lowest BCUT2D eigenvalue weighted by atomic mass is 9.95. The highest BCUT2D eigenvalue weighted by molar-refractivity contribution is 7.17. The third kappa shape index (κ3) is 4.39. The largest absolute Gasteiger partial charge is 0.503 e. The second-order valence-electron chi connectivity index (χ2n) is 8.12. The van der Waals surface area contributed by atoms with Gasteiger partial charge < -0.3 is 19.0 Å². The van der Waals surface area contributed by atoms with Crippen molar-refractivity contribution in [3.8, 4) is 11.5 Å². The number of furan rings is 1. The minimum absolute atomic E-state index is 0.00980. The van der Waals surface area contributed by atoms with Crippen LogP contribution in [0.1, 0.15) is 64.1 Å². The van der Waals surface area contributed by atoms with E-state index in [2.05, 4.69) is 4.98 Å². The van der Waals surface area contributed by atoms with Gasteiger partial charge in [0, 0.05) is 6.92 Å². The van der Waals surface area contributed by atoms with Gasteiger partial charge in [0.1, 0.15) is 5.76 Å². The summed E-state index contributed by atoms with van der Waals surface area (Å²) in [5.74, 6) is -0.902. The molecule has 1 aliphatic rings. The molecule has 1 aromatic carbocycles. The van der Waals surface area contributed by atoms with Gasteiger partial charge in [0.25, 0.3) is 5.91 Å². The van der Waals surface area contributed by atoms with E-state index in [4.69, 9.17) is 13.9 Å². The van der Waals surface area contributed by atoms with E-state index in [9.17, 15) is 19.5 Å². The molecule has 0 bridgehead atoms. The van der Waals surface area contributed by atoms with Gasteiger partial charge in [-0.25, -0.2) is 4.98 Å². The van der Waals surface area contributed by atoms with E-state index in [-0.39, 0.29) is 22.2 Å². The highest BCUT2D eigenvalue weighted by Crippen LogP contribution is 2.45. The number of anilines is 1. The number of rotatable bonds is 9. The first-order valence-corrected chi connectivity index (χ1v) is 12.2. The van der Waals surface area contributed by atoms with Crippen LogP contribution in [0.3, 0.4) is 0 Å². The van der Waals surface area contributed by atoms with Crippen LogP contribution < -0.4 is 14.4 Å². The van der Waals surface area contributed by atoms with Crippen LogP contribution >= 0.6 is 11.3 Å². The van der Waals surface area contributed by atoms with E-state index in [0.717, 1.165) is 11.3 Å². The van der Waals surface area contributed by atoms with Crippen LogP contribution in [0, 0.1) is 13.8 Å². The van der Waals surface area contributed by atoms with Gasteiger partial charge in [-0.2, -0.15) is 0 Å².